The van der Waals surface area contributed by atoms with Crippen LogP contribution in [0.4, 0.5) is 5.69 Å². The van der Waals surface area contributed by atoms with Crippen LogP contribution in [0.2, 0.25) is 0 Å². The number of fused-ring (bicyclic) bond motifs is 1. The van der Waals surface area contributed by atoms with Gasteiger partial charge in [0.25, 0.3) is 0 Å². The Morgan fingerprint density at radius 2 is 1.65 bits per heavy atom. The van der Waals surface area contributed by atoms with E-state index in [0.29, 0.717) is 0 Å². The third-order valence-corrected chi connectivity index (χ3v) is 5.77. The largest absolute Gasteiger partial charge is 1.00 e. The van der Waals surface area contributed by atoms with Crippen LogP contribution in [0.5, 0.6) is 5.75 Å². The number of hydrogen-bond donors (Lipinski definition) is 2. The zero-order chi connectivity index (χ0) is 19.3. The van der Waals surface area contributed by atoms with E-state index in [1.165, 1.54) is 10.6 Å². The van der Waals surface area contributed by atoms with Gasteiger partial charge in [0.05, 0.1) is 20.2 Å². The van der Waals surface area contributed by atoms with Gasteiger partial charge in [0, 0.05) is 12.5 Å². The lowest BCUT2D eigenvalue weighted by Gasteiger charge is -2.29. The highest BCUT2D eigenvalue weighted by molar-refractivity contribution is 5.73. The number of H-pyrrole nitrogens is 1. The van der Waals surface area contributed by atoms with Gasteiger partial charge in [0.15, 0.2) is 11.4 Å². The number of halogens is 3. The number of aromatic amines is 1. The molecule has 0 radical (unpaired) electrons. The van der Waals surface area contributed by atoms with Crippen LogP contribution in [-0.2, 0) is 6.54 Å². The average molecular weight is 488 g/mol. The second-order valence-corrected chi connectivity index (χ2v) is 7.47. The minimum Gasteiger partial charge on any atom is -1.00 e. The van der Waals surface area contributed by atoms with Gasteiger partial charge in [-0.25, -0.2) is 9.78 Å². The van der Waals surface area contributed by atoms with Gasteiger partial charge in [0.2, 0.25) is 6.33 Å². The summed E-state index contributed by atoms with van der Waals surface area (Å²) < 4.78 is 7.32. The molecule has 1 saturated heterocycles. The third kappa shape index (κ3) is 6.34. The number of nitrogens with one attached hydrogen (secondary N) is 3. The first-order valence-corrected chi connectivity index (χ1v) is 10.1. The molecule has 0 atom stereocenters. The van der Waals surface area contributed by atoms with Crippen LogP contribution >= 0.6 is 0 Å². The van der Waals surface area contributed by atoms with Gasteiger partial charge < -0.3 is 46.9 Å². The predicted octanol–water partition coefficient (Wildman–Crippen LogP) is -9.66. The maximum absolute atomic E-state index is 12.6. The molecule has 9 heteroatoms. The Bertz CT molecular complexity index is 1010. The molecule has 1 fully saturated rings. The van der Waals surface area contributed by atoms with Crippen molar-refractivity contribution in [3.8, 4) is 5.75 Å². The number of ether oxygens (including phenoxy) is 1. The molecule has 1 aliphatic rings. The van der Waals surface area contributed by atoms with Gasteiger partial charge in [-0.15, -0.1) is 0 Å². The Balaban J connectivity index is 0.00000160. The van der Waals surface area contributed by atoms with Crippen LogP contribution in [0.3, 0.4) is 0 Å². The molecule has 6 nitrogen and oxygen atoms in total. The Morgan fingerprint density at radius 3 is 2.39 bits per heavy atom. The van der Waals surface area contributed by atoms with Crippen LogP contribution in [-0.4, -0.2) is 44.4 Å². The van der Waals surface area contributed by atoms with E-state index in [2.05, 4.69) is 17.1 Å². The molecule has 0 amide bonds. The van der Waals surface area contributed by atoms with E-state index >= 15 is 0 Å². The minimum absolute atomic E-state index is 0. The summed E-state index contributed by atoms with van der Waals surface area (Å²) in [5.74, 6) is 0.980. The second kappa shape index (κ2) is 12.9. The third-order valence-electron chi connectivity index (χ3n) is 5.77. The summed E-state index contributed by atoms with van der Waals surface area (Å²) in [7, 11) is 1.74. The summed E-state index contributed by atoms with van der Waals surface area (Å²) in [6, 6.07) is 16.0. The highest BCUT2D eigenvalue weighted by Gasteiger charge is 2.26. The Kier molecular flexibility index (Phi) is 11.3. The van der Waals surface area contributed by atoms with Crippen molar-refractivity contribution in [3.05, 3.63) is 65.2 Å². The Hall–Kier alpha value is -1.83. The van der Waals surface area contributed by atoms with Crippen molar-refractivity contribution < 1.29 is 56.7 Å². The molecule has 3 aromatic rings. The molecule has 0 unspecified atom stereocenters. The van der Waals surface area contributed by atoms with Crippen LogP contribution in [0.25, 0.3) is 10.9 Å². The fourth-order valence-corrected chi connectivity index (χ4v) is 4.18. The van der Waals surface area contributed by atoms with Crippen LogP contribution < -0.4 is 62.3 Å². The lowest BCUT2D eigenvalue weighted by Crippen LogP contribution is -3.26. The smallest absolute Gasteiger partial charge is 0.345 e. The number of para-hydroxylation sites is 3. The fourth-order valence-electron chi connectivity index (χ4n) is 4.18. The molecule has 0 saturated carbocycles. The van der Waals surface area contributed by atoms with E-state index < -0.39 is 0 Å². The van der Waals surface area contributed by atoms with Gasteiger partial charge >= 0.3 is 5.56 Å². The number of aryl methyl sites for hydroxylation is 1. The first-order chi connectivity index (χ1) is 13.8. The normalized spacial score (nSPS) is 17.7. The second-order valence-electron chi connectivity index (χ2n) is 7.47. The van der Waals surface area contributed by atoms with Crippen molar-refractivity contribution in [3.63, 3.8) is 0 Å². The molecule has 31 heavy (non-hydrogen) atoms. The summed E-state index contributed by atoms with van der Waals surface area (Å²) in [4.78, 5) is 18.9. The molecular weight excluding hydrogens is 459 g/mol. The molecule has 4 rings (SSSR count). The zero-order valence-electron chi connectivity index (χ0n) is 17.5. The van der Waals surface area contributed by atoms with Gasteiger partial charge in [-0.2, -0.15) is 4.57 Å². The minimum atomic E-state index is 0. The summed E-state index contributed by atoms with van der Waals surface area (Å²) >= 11 is 0. The maximum atomic E-state index is 12.6. The molecular formula is C22H29Cl3N4O2. The van der Waals surface area contributed by atoms with E-state index in [-0.39, 0.29) is 42.8 Å². The monoisotopic (exact) mass is 486 g/mol. The van der Waals surface area contributed by atoms with Crippen LogP contribution in [0.15, 0.2) is 59.7 Å². The summed E-state index contributed by atoms with van der Waals surface area (Å²) in [5, 5.41) is 0.756. The number of benzene rings is 2. The fraction of sp³-hybridized carbons (Fsp3) is 0.364. The Morgan fingerprint density at radius 1 is 0.968 bits per heavy atom. The number of rotatable bonds is 6. The van der Waals surface area contributed by atoms with Crippen molar-refractivity contribution in [1.82, 2.24) is 4.57 Å². The van der Waals surface area contributed by atoms with Crippen molar-refractivity contribution in [2.45, 2.75) is 13.0 Å². The predicted molar refractivity (Wildman–Crippen MR) is 108 cm³/mol. The van der Waals surface area contributed by atoms with E-state index in [0.717, 1.165) is 62.3 Å². The maximum Gasteiger partial charge on any atom is 0.345 e. The van der Waals surface area contributed by atoms with Crippen LogP contribution in [0, 0.1) is 0 Å². The topological polar surface area (TPSA) is 54.3 Å². The van der Waals surface area contributed by atoms with E-state index in [1.807, 2.05) is 42.7 Å². The van der Waals surface area contributed by atoms with Crippen LogP contribution in [0.1, 0.15) is 6.42 Å². The van der Waals surface area contributed by atoms with Crippen molar-refractivity contribution in [1.29, 1.82) is 0 Å². The summed E-state index contributed by atoms with van der Waals surface area (Å²) in [6.07, 6.45) is 2.81. The first-order valence-electron chi connectivity index (χ1n) is 10.1. The summed E-state index contributed by atoms with van der Waals surface area (Å²) in [6.45, 7) is 6.36. The number of methoxy groups -OCH3 is 1. The van der Waals surface area contributed by atoms with Gasteiger partial charge in [-0.05, 0) is 18.2 Å². The zero-order valence-corrected chi connectivity index (χ0v) is 19.8. The first kappa shape index (κ1) is 27.2. The number of aromatic nitrogens is 2. The molecule has 0 bridgehead atoms. The highest BCUT2D eigenvalue weighted by Crippen LogP contribution is 2.18. The summed E-state index contributed by atoms with van der Waals surface area (Å²) in [5.41, 5.74) is 2.25. The number of piperazine rings is 1. The van der Waals surface area contributed by atoms with E-state index in [4.69, 9.17) is 4.74 Å². The van der Waals surface area contributed by atoms with Gasteiger partial charge in [-0.1, -0.05) is 24.3 Å². The van der Waals surface area contributed by atoms with Crippen molar-refractivity contribution >= 4 is 16.6 Å². The molecule has 2 aromatic carbocycles. The Labute approximate surface area is 201 Å². The quantitative estimate of drug-likeness (QED) is 0.363. The lowest BCUT2D eigenvalue weighted by molar-refractivity contribution is -0.986. The number of hydrogen-bond acceptors (Lipinski definition) is 2. The van der Waals surface area contributed by atoms with Crippen molar-refractivity contribution in [2.24, 2.45) is 0 Å². The standard InChI is InChI=1S/C22H26N4O2.3ClH/c1-28-21-10-5-4-9-20(21)25-15-13-24(14-16-25)11-6-12-26-17-23-19-8-3-2-7-18(19)22(26)27;;;/h2-5,7-10,17H,6,11-16H2,1H3;3*1H. The van der Waals surface area contributed by atoms with Gasteiger partial charge in [0.1, 0.15) is 37.1 Å². The number of nitrogens with zero attached hydrogens (tertiary/aromatic N) is 1. The molecule has 170 valence electrons. The number of quaternary nitrogens is 2. The molecule has 2 heterocycles. The molecule has 3 N–H and O–H groups in total. The van der Waals surface area contributed by atoms with E-state index in [9.17, 15) is 4.79 Å². The van der Waals surface area contributed by atoms with Crippen molar-refractivity contribution in [2.75, 3.05) is 39.8 Å². The molecule has 1 aliphatic heterocycles. The molecule has 0 aliphatic carbocycles. The average Bonchev–Trinajstić information content (AvgIpc) is 2.76. The SMILES string of the molecule is COc1ccccc1[NH+]1CC[NH+](CCCn2c[nH+]c3ccccc3c2=O)CC1.[Cl-].[Cl-].[Cl-]. The molecule has 0 spiro atoms. The lowest BCUT2D eigenvalue weighted by atomic mass is 10.2. The molecule has 1 aromatic heterocycles. The highest BCUT2D eigenvalue weighted by atomic mass is 35.5. The van der Waals surface area contributed by atoms with E-state index in [1.54, 1.807) is 16.6 Å². The van der Waals surface area contributed by atoms with Gasteiger partial charge in [-0.3, -0.25) is 4.90 Å².